The Morgan fingerprint density at radius 3 is 2.24 bits per heavy atom. The molecule has 1 N–H and O–H groups in total. The molecule has 2 aromatic carbocycles. The summed E-state index contributed by atoms with van der Waals surface area (Å²) in [4.78, 5) is 12.5. The lowest BCUT2D eigenvalue weighted by Crippen LogP contribution is -2.46. The first-order valence-corrected chi connectivity index (χ1v) is 12.0. The summed E-state index contributed by atoms with van der Waals surface area (Å²) in [5.74, 6) is -0.168. The number of amides is 1. The number of hydrogen-bond acceptors (Lipinski definition) is 3. The van der Waals surface area contributed by atoms with Crippen LogP contribution < -0.4 is 5.32 Å². The van der Waals surface area contributed by atoms with E-state index in [0.29, 0.717) is 26.1 Å². The van der Waals surface area contributed by atoms with Gasteiger partial charge >= 0.3 is 0 Å². The zero-order valence-corrected chi connectivity index (χ0v) is 17.6. The minimum atomic E-state index is -3.33. The molecule has 1 amide bonds. The minimum Gasteiger partial charge on any atom is -0.355 e. The predicted octanol–water partition coefficient (Wildman–Crippen LogP) is 3.02. The largest absolute Gasteiger partial charge is 0.355 e. The van der Waals surface area contributed by atoms with Gasteiger partial charge in [-0.1, -0.05) is 60.7 Å². The van der Waals surface area contributed by atoms with Crippen molar-refractivity contribution in [1.82, 2.24) is 9.62 Å². The molecule has 0 bridgehead atoms. The summed E-state index contributed by atoms with van der Waals surface area (Å²) < 4.78 is 27.0. The van der Waals surface area contributed by atoms with E-state index in [1.807, 2.05) is 60.7 Å². The number of sulfonamides is 1. The van der Waals surface area contributed by atoms with E-state index < -0.39 is 10.0 Å². The fourth-order valence-electron chi connectivity index (χ4n) is 3.76. The number of rotatable bonds is 9. The van der Waals surface area contributed by atoms with Crippen molar-refractivity contribution in [3.05, 3.63) is 71.8 Å². The van der Waals surface area contributed by atoms with Crippen LogP contribution in [0.4, 0.5) is 0 Å². The second kappa shape index (κ2) is 10.6. The van der Waals surface area contributed by atoms with Crippen LogP contribution >= 0.6 is 0 Å². The van der Waals surface area contributed by atoms with Crippen LogP contribution in [-0.4, -0.2) is 44.0 Å². The van der Waals surface area contributed by atoms with Gasteiger partial charge in [-0.15, -0.1) is 0 Å². The third kappa shape index (κ3) is 6.68. The van der Waals surface area contributed by atoms with E-state index in [0.717, 1.165) is 31.2 Å². The molecule has 1 fully saturated rings. The van der Waals surface area contributed by atoms with Crippen LogP contribution in [0.15, 0.2) is 60.7 Å². The molecule has 1 heterocycles. The van der Waals surface area contributed by atoms with Crippen molar-refractivity contribution in [2.45, 2.75) is 32.1 Å². The molecule has 1 unspecified atom stereocenters. The predicted molar refractivity (Wildman–Crippen MR) is 116 cm³/mol. The standard InChI is InChI=1S/C23H30N2O3S/c26-23(24-16-15-21-11-5-2-6-12-21)22-14-7-17-25(19-22)29(27,28)18-8-13-20-9-3-1-4-10-20/h1-6,9-12,22H,7-8,13-19H2,(H,24,26). The summed E-state index contributed by atoms with van der Waals surface area (Å²) in [6.07, 6.45) is 3.59. The Balaban J connectivity index is 1.45. The van der Waals surface area contributed by atoms with Gasteiger partial charge in [-0.25, -0.2) is 12.7 Å². The van der Waals surface area contributed by atoms with Gasteiger partial charge in [0.25, 0.3) is 0 Å². The van der Waals surface area contributed by atoms with Crippen LogP contribution in [0.25, 0.3) is 0 Å². The first kappa shape index (κ1) is 21.5. The average Bonchev–Trinajstić information content (AvgIpc) is 2.75. The van der Waals surface area contributed by atoms with Crippen LogP contribution in [0.2, 0.25) is 0 Å². The summed E-state index contributed by atoms with van der Waals surface area (Å²) in [6, 6.07) is 19.9. The lowest BCUT2D eigenvalue weighted by atomic mass is 9.99. The summed E-state index contributed by atoms with van der Waals surface area (Å²) >= 11 is 0. The zero-order valence-electron chi connectivity index (χ0n) is 16.8. The first-order valence-electron chi connectivity index (χ1n) is 10.4. The molecule has 0 aliphatic carbocycles. The summed E-state index contributed by atoms with van der Waals surface area (Å²) in [6.45, 7) is 1.38. The molecular formula is C23H30N2O3S. The topological polar surface area (TPSA) is 66.5 Å². The highest BCUT2D eigenvalue weighted by molar-refractivity contribution is 7.89. The maximum Gasteiger partial charge on any atom is 0.224 e. The van der Waals surface area contributed by atoms with Gasteiger partial charge in [-0.3, -0.25) is 4.79 Å². The van der Waals surface area contributed by atoms with E-state index in [9.17, 15) is 13.2 Å². The Morgan fingerprint density at radius 1 is 0.966 bits per heavy atom. The average molecular weight is 415 g/mol. The van der Waals surface area contributed by atoms with E-state index in [4.69, 9.17) is 0 Å². The lowest BCUT2D eigenvalue weighted by Gasteiger charge is -2.31. The highest BCUT2D eigenvalue weighted by Gasteiger charge is 2.31. The number of aryl methyl sites for hydroxylation is 1. The molecule has 29 heavy (non-hydrogen) atoms. The van der Waals surface area contributed by atoms with E-state index in [1.165, 1.54) is 9.87 Å². The van der Waals surface area contributed by atoms with Crippen molar-refractivity contribution in [2.75, 3.05) is 25.4 Å². The maximum atomic E-state index is 12.7. The van der Waals surface area contributed by atoms with Gasteiger partial charge in [0.2, 0.25) is 15.9 Å². The van der Waals surface area contributed by atoms with Crippen molar-refractivity contribution < 1.29 is 13.2 Å². The molecule has 1 saturated heterocycles. The third-order valence-electron chi connectivity index (χ3n) is 5.41. The van der Waals surface area contributed by atoms with Crippen LogP contribution in [0.3, 0.4) is 0 Å². The van der Waals surface area contributed by atoms with Crippen molar-refractivity contribution in [3.8, 4) is 0 Å². The summed E-state index contributed by atoms with van der Waals surface area (Å²) in [5, 5.41) is 2.98. The van der Waals surface area contributed by atoms with Gasteiger partial charge in [0.15, 0.2) is 0 Å². The second-order valence-corrected chi connectivity index (χ2v) is 9.72. The quantitative estimate of drug-likeness (QED) is 0.686. The van der Waals surface area contributed by atoms with Crippen molar-refractivity contribution in [2.24, 2.45) is 5.92 Å². The number of carbonyl (C=O) groups excluding carboxylic acids is 1. The van der Waals surface area contributed by atoms with Crippen molar-refractivity contribution in [1.29, 1.82) is 0 Å². The number of benzene rings is 2. The van der Waals surface area contributed by atoms with Gasteiger partial charge in [0.05, 0.1) is 11.7 Å². The van der Waals surface area contributed by atoms with E-state index in [1.54, 1.807) is 0 Å². The lowest BCUT2D eigenvalue weighted by molar-refractivity contribution is -0.126. The molecule has 3 rings (SSSR count). The molecule has 1 aliphatic heterocycles. The molecule has 5 nitrogen and oxygen atoms in total. The van der Waals surface area contributed by atoms with Crippen LogP contribution in [0.5, 0.6) is 0 Å². The van der Waals surface area contributed by atoms with Crippen LogP contribution in [0, 0.1) is 5.92 Å². The number of piperidine rings is 1. The van der Waals surface area contributed by atoms with Gasteiger partial charge in [-0.2, -0.15) is 0 Å². The zero-order chi connectivity index (χ0) is 20.5. The van der Waals surface area contributed by atoms with Crippen LogP contribution in [-0.2, 0) is 27.7 Å². The summed E-state index contributed by atoms with van der Waals surface area (Å²) in [5.41, 5.74) is 2.33. The van der Waals surface area contributed by atoms with Gasteiger partial charge < -0.3 is 5.32 Å². The Hall–Kier alpha value is -2.18. The molecule has 0 radical (unpaired) electrons. The SMILES string of the molecule is O=C(NCCc1ccccc1)C1CCCN(S(=O)(=O)CCCc2ccccc2)C1. The molecule has 156 valence electrons. The minimum absolute atomic E-state index is 0.0369. The van der Waals surface area contributed by atoms with Crippen molar-refractivity contribution in [3.63, 3.8) is 0 Å². The molecule has 0 aromatic heterocycles. The molecule has 1 atom stereocenters. The number of nitrogens with zero attached hydrogens (tertiary/aromatic N) is 1. The molecule has 2 aromatic rings. The number of hydrogen-bond donors (Lipinski definition) is 1. The Kier molecular flexibility index (Phi) is 7.83. The normalized spacial score (nSPS) is 17.7. The number of nitrogens with one attached hydrogen (secondary N) is 1. The van der Waals surface area contributed by atoms with E-state index >= 15 is 0 Å². The Morgan fingerprint density at radius 2 is 1.59 bits per heavy atom. The highest BCUT2D eigenvalue weighted by Crippen LogP contribution is 2.20. The summed E-state index contributed by atoms with van der Waals surface area (Å²) in [7, 11) is -3.33. The Labute approximate surface area is 174 Å². The monoisotopic (exact) mass is 414 g/mol. The second-order valence-electron chi connectivity index (χ2n) is 7.63. The fraction of sp³-hybridized carbons (Fsp3) is 0.435. The first-order chi connectivity index (χ1) is 14.0. The molecular weight excluding hydrogens is 384 g/mol. The molecule has 0 spiro atoms. The van der Waals surface area contributed by atoms with Crippen molar-refractivity contribution >= 4 is 15.9 Å². The Bertz CT molecular complexity index is 870. The van der Waals surface area contributed by atoms with Crippen LogP contribution in [0.1, 0.15) is 30.4 Å². The smallest absolute Gasteiger partial charge is 0.224 e. The maximum absolute atomic E-state index is 12.7. The highest BCUT2D eigenvalue weighted by atomic mass is 32.2. The molecule has 6 heteroatoms. The van der Waals surface area contributed by atoms with Gasteiger partial charge in [0, 0.05) is 19.6 Å². The van der Waals surface area contributed by atoms with E-state index in [2.05, 4.69) is 5.32 Å². The molecule has 1 aliphatic rings. The van der Waals surface area contributed by atoms with E-state index in [-0.39, 0.29) is 17.6 Å². The van der Waals surface area contributed by atoms with Gasteiger partial charge in [0.1, 0.15) is 0 Å². The fourth-order valence-corrected chi connectivity index (χ4v) is 5.34. The van der Waals surface area contributed by atoms with Gasteiger partial charge in [-0.05, 0) is 43.2 Å². The number of carbonyl (C=O) groups is 1. The third-order valence-corrected chi connectivity index (χ3v) is 7.34. The molecule has 0 saturated carbocycles.